The van der Waals surface area contributed by atoms with Crippen LogP contribution < -0.4 is 5.32 Å². The molecule has 0 bridgehead atoms. The number of rotatable bonds is 4. The van der Waals surface area contributed by atoms with Crippen LogP contribution in [0, 0.1) is 0 Å². The van der Waals surface area contributed by atoms with E-state index in [-0.39, 0.29) is 0 Å². The highest BCUT2D eigenvalue weighted by Gasteiger charge is 2.08. The fourth-order valence-electron chi connectivity index (χ4n) is 1.56. The van der Waals surface area contributed by atoms with Gasteiger partial charge in [0.05, 0.1) is 4.88 Å². The van der Waals surface area contributed by atoms with Gasteiger partial charge in [0.25, 0.3) is 0 Å². The lowest BCUT2D eigenvalue weighted by Gasteiger charge is -2.04. The minimum absolute atomic E-state index is 0.989. The average molecular weight is 221 g/mol. The first kappa shape index (κ1) is 10.4. The van der Waals surface area contributed by atoms with E-state index in [9.17, 15) is 0 Å². The third-order valence-electron chi connectivity index (χ3n) is 2.46. The molecule has 4 heteroatoms. The van der Waals surface area contributed by atoms with Crippen molar-refractivity contribution < 1.29 is 0 Å². The Labute approximate surface area is 93.8 Å². The van der Waals surface area contributed by atoms with Crippen molar-refractivity contribution in [2.24, 2.45) is 7.05 Å². The molecule has 15 heavy (non-hydrogen) atoms. The molecule has 0 fully saturated rings. The van der Waals surface area contributed by atoms with Crippen molar-refractivity contribution in [1.29, 1.82) is 0 Å². The number of aromatic nitrogens is 2. The van der Waals surface area contributed by atoms with Crippen molar-refractivity contribution in [1.82, 2.24) is 14.9 Å². The molecule has 2 heterocycles. The summed E-state index contributed by atoms with van der Waals surface area (Å²) < 4.78 is 2.17. The zero-order valence-electron chi connectivity index (χ0n) is 9.03. The van der Waals surface area contributed by atoms with Crippen LogP contribution >= 0.6 is 11.3 Å². The molecule has 0 spiro atoms. The predicted octanol–water partition coefficient (Wildman–Crippen LogP) is 1.91. The van der Waals surface area contributed by atoms with Crippen LogP contribution in [0.5, 0.6) is 0 Å². The Morgan fingerprint density at radius 2 is 2.40 bits per heavy atom. The van der Waals surface area contributed by atoms with E-state index in [1.54, 1.807) is 11.3 Å². The summed E-state index contributed by atoms with van der Waals surface area (Å²) in [6, 6.07) is 4.16. The van der Waals surface area contributed by atoms with Crippen LogP contribution in [0.3, 0.4) is 0 Å². The lowest BCUT2D eigenvalue weighted by atomic mass is 10.3. The highest BCUT2D eigenvalue weighted by Crippen LogP contribution is 2.23. The Morgan fingerprint density at radius 3 is 3.07 bits per heavy atom. The summed E-state index contributed by atoms with van der Waals surface area (Å²) in [6.45, 7) is 0.989. The third-order valence-corrected chi connectivity index (χ3v) is 3.32. The second-order valence-corrected chi connectivity index (χ2v) is 4.41. The van der Waals surface area contributed by atoms with Crippen molar-refractivity contribution in [3.8, 4) is 10.7 Å². The number of hydrogen-bond acceptors (Lipinski definition) is 3. The fourth-order valence-corrected chi connectivity index (χ4v) is 2.32. The quantitative estimate of drug-likeness (QED) is 0.854. The van der Waals surface area contributed by atoms with E-state index in [0.29, 0.717) is 0 Å². The second kappa shape index (κ2) is 4.59. The van der Waals surface area contributed by atoms with Gasteiger partial charge in [-0.2, -0.15) is 0 Å². The fraction of sp³-hybridized carbons (Fsp3) is 0.364. The van der Waals surface area contributed by atoms with Gasteiger partial charge in [0.1, 0.15) is 5.82 Å². The molecule has 0 unspecified atom stereocenters. The van der Waals surface area contributed by atoms with Gasteiger partial charge in [-0.1, -0.05) is 6.07 Å². The SMILES string of the molecule is CNCCc1cnc(-c2cccs2)n1C. The lowest BCUT2D eigenvalue weighted by Crippen LogP contribution is -2.12. The van der Waals surface area contributed by atoms with Gasteiger partial charge in [0.2, 0.25) is 0 Å². The van der Waals surface area contributed by atoms with E-state index in [2.05, 4.69) is 39.4 Å². The van der Waals surface area contributed by atoms with Gasteiger partial charge >= 0.3 is 0 Å². The van der Waals surface area contributed by atoms with E-state index in [0.717, 1.165) is 18.8 Å². The number of nitrogens with zero attached hydrogens (tertiary/aromatic N) is 2. The molecule has 0 aliphatic carbocycles. The van der Waals surface area contributed by atoms with Crippen molar-refractivity contribution >= 4 is 11.3 Å². The largest absolute Gasteiger partial charge is 0.330 e. The number of likely N-dealkylation sites (N-methyl/N-ethyl adjacent to an activating group) is 1. The van der Waals surface area contributed by atoms with Gasteiger partial charge < -0.3 is 9.88 Å². The summed E-state index contributed by atoms with van der Waals surface area (Å²) in [4.78, 5) is 5.69. The topological polar surface area (TPSA) is 29.9 Å². The molecule has 0 amide bonds. The van der Waals surface area contributed by atoms with Crippen LogP contribution in [-0.2, 0) is 13.5 Å². The first-order valence-electron chi connectivity index (χ1n) is 5.02. The van der Waals surface area contributed by atoms with Crippen LogP contribution in [0.15, 0.2) is 23.7 Å². The molecule has 0 aliphatic rings. The standard InChI is InChI=1S/C11H15N3S/c1-12-6-5-9-8-13-11(14(9)2)10-4-3-7-15-10/h3-4,7-8,12H,5-6H2,1-2H3. The minimum Gasteiger partial charge on any atom is -0.330 e. The van der Waals surface area contributed by atoms with Crippen LogP contribution in [0.4, 0.5) is 0 Å². The highest BCUT2D eigenvalue weighted by atomic mass is 32.1. The summed E-state index contributed by atoms with van der Waals surface area (Å²) in [5, 5.41) is 5.23. The maximum atomic E-state index is 4.46. The Kier molecular flexibility index (Phi) is 3.18. The first-order valence-corrected chi connectivity index (χ1v) is 5.90. The van der Waals surface area contributed by atoms with Crippen molar-refractivity contribution in [2.75, 3.05) is 13.6 Å². The second-order valence-electron chi connectivity index (χ2n) is 3.46. The summed E-state index contributed by atoms with van der Waals surface area (Å²) in [6.07, 6.45) is 2.98. The third kappa shape index (κ3) is 2.11. The Morgan fingerprint density at radius 1 is 1.53 bits per heavy atom. The highest BCUT2D eigenvalue weighted by molar-refractivity contribution is 7.13. The number of hydrogen-bond donors (Lipinski definition) is 1. The Bertz CT molecular complexity index is 417. The molecule has 2 aromatic heterocycles. The van der Waals surface area contributed by atoms with Crippen LogP contribution in [0.25, 0.3) is 10.7 Å². The molecule has 0 radical (unpaired) electrons. The number of thiophene rings is 1. The maximum Gasteiger partial charge on any atom is 0.149 e. The van der Waals surface area contributed by atoms with Gasteiger partial charge in [-0.15, -0.1) is 11.3 Å². The molecule has 2 rings (SSSR count). The van der Waals surface area contributed by atoms with E-state index in [1.807, 2.05) is 13.2 Å². The van der Waals surface area contributed by atoms with Crippen LogP contribution in [0.2, 0.25) is 0 Å². The van der Waals surface area contributed by atoms with Crippen molar-refractivity contribution in [3.63, 3.8) is 0 Å². The molecule has 1 N–H and O–H groups in total. The number of nitrogens with one attached hydrogen (secondary N) is 1. The van der Waals surface area contributed by atoms with Crippen molar-refractivity contribution in [3.05, 3.63) is 29.4 Å². The molecule has 0 atom stereocenters. The van der Waals surface area contributed by atoms with E-state index < -0.39 is 0 Å². The Balaban J connectivity index is 2.24. The van der Waals surface area contributed by atoms with E-state index in [1.165, 1.54) is 10.6 Å². The predicted molar refractivity (Wildman–Crippen MR) is 64.2 cm³/mol. The molecular formula is C11H15N3S. The Hall–Kier alpha value is -1.13. The van der Waals surface area contributed by atoms with Gasteiger partial charge in [-0.05, 0) is 18.5 Å². The monoisotopic (exact) mass is 221 g/mol. The van der Waals surface area contributed by atoms with Gasteiger partial charge in [-0.25, -0.2) is 4.98 Å². The van der Waals surface area contributed by atoms with E-state index >= 15 is 0 Å². The molecule has 0 saturated carbocycles. The summed E-state index contributed by atoms with van der Waals surface area (Å²) in [5.41, 5.74) is 1.27. The summed E-state index contributed by atoms with van der Waals surface area (Å²) in [7, 11) is 4.05. The minimum atomic E-state index is 0.989. The molecule has 3 nitrogen and oxygen atoms in total. The smallest absolute Gasteiger partial charge is 0.149 e. The van der Waals surface area contributed by atoms with Crippen LogP contribution in [0.1, 0.15) is 5.69 Å². The summed E-state index contributed by atoms with van der Waals surface area (Å²) in [5.74, 6) is 1.07. The van der Waals surface area contributed by atoms with Gasteiger partial charge in [-0.3, -0.25) is 0 Å². The van der Waals surface area contributed by atoms with Crippen LogP contribution in [-0.4, -0.2) is 23.1 Å². The average Bonchev–Trinajstić information content (AvgIpc) is 2.84. The summed E-state index contributed by atoms with van der Waals surface area (Å²) >= 11 is 1.73. The zero-order valence-corrected chi connectivity index (χ0v) is 9.84. The molecule has 0 aliphatic heterocycles. The van der Waals surface area contributed by atoms with Crippen molar-refractivity contribution in [2.45, 2.75) is 6.42 Å². The van der Waals surface area contributed by atoms with E-state index in [4.69, 9.17) is 0 Å². The normalized spacial score (nSPS) is 10.8. The van der Waals surface area contributed by atoms with Gasteiger partial charge in [0.15, 0.2) is 0 Å². The molecule has 80 valence electrons. The molecule has 0 aromatic carbocycles. The maximum absolute atomic E-state index is 4.46. The molecule has 0 saturated heterocycles. The van der Waals surface area contributed by atoms with Gasteiger partial charge in [0, 0.05) is 31.9 Å². The molecular weight excluding hydrogens is 206 g/mol. The molecule has 2 aromatic rings. The first-order chi connectivity index (χ1) is 7.33. The number of imidazole rings is 1. The lowest BCUT2D eigenvalue weighted by molar-refractivity contribution is 0.740. The zero-order chi connectivity index (χ0) is 10.7.